The summed E-state index contributed by atoms with van der Waals surface area (Å²) in [7, 11) is 1.65. The molecule has 0 saturated carbocycles. The Morgan fingerprint density at radius 2 is 1.72 bits per heavy atom. The van der Waals surface area contributed by atoms with Crippen LogP contribution in [0.15, 0.2) is 72.8 Å². The fourth-order valence-corrected chi connectivity index (χ4v) is 4.09. The third-order valence-electron chi connectivity index (χ3n) is 5.88. The molecule has 0 saturated heterocycles. The van der Waals surface area contributed by atoms with Crippen LogP contribution in [0.4, 0.5) is 0 Å². The van der Waals surface area contributed by atoms with Crippen molar-refractivity contribution in [3.8, 4) is 17.2 Å². The molecule has 5 nitrogen and oxygen atoms in total. The lowest BCUT2D eigenvalue weighted by Crippen LogP contribution is -2.31. The molecule has 0 aromatic heterocycles. The molecule has 0 N–H and O–H groups in total. The standard InChI is InChI=1S/C27H29NO4/c1-3-27(29)28(18-20-9-12-23(30-2)13-10-20)16-15-24(21-7-5-4-6-8-21)22-11-14-25-26(17-22)32-19-31-25/h4-14,17,24H,3,15-16,18-19H2,1-2H3/t24-/m1/s1. The molecule has 0 aliphatic carbocycles. The van der Waals surface area contributed by atoms with E-state index in [1.165, 1.54) is 5.56 Å². The van der Waals surface area contributed by atoms with Gasteiger partial charge in [-0.25, -0.2) is 0 Å². The number of carbonyl (C=O) groups excluding carboxylic acids is 1. The van der Waals surface area contributed by atoms with Gasteiger partial charge in [0, 0.05) is 25.4 Å². The Morgan fingerprint density at radius 3 is 2.44 bits per heavy atom. The molecule has 1 amide bonds. The fourth-order valence-electron chi connectivity index (χ4n) is 4.09. The molecule has 1 aliphatic heterocycles. The molecular weight excluding hydrogens is 402 g/mol. The Kier molecular flexibility index (Phi) is 6.95. The Balaban J connectivity index is 1.55. The number of nitrogens with zero attached hydrogens (tertiary/aromatic N) is 1. The van der Waals surface area contributed by atoms with Crippen LogP contribution in [0.3, 0.4) is 0 Å². The van der Waals surface area contributed by atoms with Crippen molar-refractivity contribution in [2.75, 3.05) is 20.4 Å². The van der Waals surface area contributed by atoms with Crippen LogP contribution < -0.4 is 14.2 Å². The van der Waals surface area contributed by atoms with Gasteiger partial charge in [-0.1, -0.05) is 55.5 Å². The first-order chi connectivity index (χ1) is 15.7. The van der Waals surface area contributed by atoms with E-state index < -0.39 is 0 Å². The van der Waals surface area contributed by atoms with Crippen LogP contribution in [-0.2, 0) is 11.3 Å². The van der Waals surface area contributed by atoms with Crippen molar-refractivity contribution in [3.05, 3.63) is 89.5 Å². The lowest BCUT2D eigenvalue weighted by molar-refractivity contribution is -0.131. The molecule has 4 rings (SSSR count). The number of carbonyl (C=O) groups is 1. The molecule has 1 aliphatic rings. The Labute approximate surface area is 189 Å². The monoisotopic (exact) mass is 431 g/mol. The van der Waals surface area contributed by atoms with E-state index in [9.17, 15) is 4.79 Å². The molecule has 3 aromatic carbocycles. The molecule has 5 heteroatoms. The zero-order valence-electron chi connectivity index (χ0n) is 18.6. The SMILES string of the molecule is CCC(=O)N(CC[C@H](c1ccccc1)c1ccc2c(c1)OCO2)Cc1ccc(OC)cc1. The fraction of sp³-hybridized carbons (Fsp3) is 0.296. The lowest BCUT2D eigenvalue weighted by atomic mass is 9.88. The highest BCUT2D eigenvalue weighted by Gasteiger charge is 2.21. The normalized spacial score (nSPS) is 12.9. The number of ether oxygens (including phenoxy) is 3. The summed E-state index contributed by atoms with van der Waals surface area (Å²) in [6.45, 7) is 3.41. The number of benzene rings is 3. The highest BCUT2D eigenvalue weighted by atomic mass is 16.7. The number of amides is 1. The highest BCUT2D eigenvalue weighted by Crippen LogP contribution is 2.37. The first-order valence-corrected chi connectivity index (χ1v) is 11.0. The second-order valence-corrected chi connectivity index (χ2v) is 7.88. The number of hydrogen-bond donors (Lipinski definition) is 0. The van der Waals surface area contributed by atoms with Gasteiger partial charge in [-0.05, 0) is 47.4 Å². The second-order valence-electron chi connectivity index (χ2n) is 7.88. The van der Waals surface area contributed by atoms with E-state index in [0.717, 1.165) is 34.8 Å². The Morgan fingerprint density at radius 1 is 0.969 bits per heavy atom. The van der Waals surface area contributed by atoms with E-state index >= 15 is 0 Å². The molecule has 0 radical (unpaired) electrons. The second kappa shape index (κ2) is 10.2. The maximum atomic E-state index is 12.7. The van der Waals surface area contributed by atoms with Crippen LogP contribution in [0.25, 0.3) is 0 Å². The van der Waals surface area contributed by atoms with Crippen LogP contribution in [0.2, 0.25) is 0 Å². The molecule has 0 bridgehead atoms. The summed E-state index contributed by atoms with van der Waals surface area (Å²) in [6, 6.07) is 24.5. The van der Waals surface area contributed by atoms with Crippen LogP contribution in [0.5, 0.6) is 17.2 Å². The van der Waals surface area contributed by atoms with Gasteiger partial charge in [0.25, 0.3) is 0 Å². The van der Waals surface area contributed by atoms with Crippen molar-refractivity contribution in [1.29, 1.82) is 0 Å². The average Bonchev–Trinajstić information content (AvgIpc) is 3.32. The third-order valence-corrected chi connectivity index (χ3v) is 5.88. The molecule has 1 atom stereocenters. The minimum atomic E-state index is 0.147. The quantitative estimate of drug-likeness (QED) is 0.456. The highest BCUT2D eigenvalue weighted by molar-refractivity contribution is 5.75. The lowest BCUT2D eigenvalue weighted by Gasteiger charge is -2.26. The smallest absolute Gasteiger partial charge is 0.231 e. The van der Waals surface area contributed by atoms with Gasteiger partial charge in [-0.3, -0.25) is 4.79 Å². The van der Waals surface area contributed by atoms with Gasteiger partial charge in [0.05, 0.1) is 7.11 Å². The van der Waals surface area contributed by atoms with Crippen LogP contribution in [-0.4, -0.2) is 31.3 Å². The summed E-state index contributed by atoms with van der Waals surface area (Å²) in [4.78, 5) is 14.7. The number of rotatable bonds is 9. The molecule has 0 spiro atoms. The van der Waals surface area contributed by atoms with E-state index in [4.69, 9.17) is 14.2 Å². The van der Waals surface area contributed by atoms with Gasteiger partial charge in [0.2, 0.25) is 12.7 Å². The molecule has 0 fully saturated rings. The first-order valence-electron chi connectivity index (χ1n) is 11.0. The van der Waals surface area contributed by atoms with E-state index in [1.807, 2.05) is 48.2 Å². The molecule has 3 aromatic rings. The minimum absolute atomic E-state index is 0.147. The largest absolute Gasteiger partial charge is 0.497 e. The van der Waals surface area contributed by atoms with E-state index in [-0.39, 0.29) is 18.6 Å². The van der Waals surface area contributed by atoms with Crippen LogP contribution in [0, 0.1) is 0 Å². The Hall–Kier alpha value is -3.47. The summed E-state index contributed by atoms with van der Waals surface area (Å²) in [6.07, 6.45) is 1.29. The summed E-state index contributed by atoms with van der Waals surface area (Å²) < 4.78 is 16.3. The van der Waals surface area contributed by atoms with Gasteiger partial charge in [-0.15, -0.1) is 0 Å². The van der Waals surface area contributed by atoms with Crippen LogP contribution in [0.1, 0.15) is 42.4 Å². The minimum Gasteiger partial charge on any atom is -0.497 e. The van der Waals surface area contributed by atoms with Gasteiger partial charge in [-0.2, -0.15) is 0 Å². The zero-order chi connectivity index (χ0) is 22.3. The Bertz CT molecular complexity index is 1030. The van der Waals surface area contributed by atoms with Crippen molar-refractivity contribution in [2.45, 2.75) is 32.2 Å². The molecule has 166 valence electrons. The predicted molar refractivity (Wildman–Crippen MR) is 124 cm³/mol. The zero-order valence-corrected chi connectivity index (χ0v) is 18.6. The van der Waals surface area contributed by atoms with Crippen molar-refractivity contribution in [3.63, 3.8) is 0 Å². The molecular formula is C27H29NO4. The number of methoxy groups -OCH3 is 1. The van der Waals surface area contributed by atoms with Crippen molar-refractivity contribution >= 4 is 5.91 Å². The summed E-state index contributed by atoms with van der Waals surface area (Å²) in [5.41, 5.74) is 3.47. The van der Waals surface area contributed by atoms with Gasteiger partial charge < -0.3 is 19.1 Å². The van der Waals surface area contributed by atoms with E-state index in [0.29, 0.717) is 19.5 Å². The summed E-state index contributed by atoms with van der Waals surface area (Å²) >= 11 is 0. The van der Waals surface area contributed by atoms with Crippen molar-refractivity contribution in [2.24, 2.45) is 0 Å². The summed E-state index contributed by atoms with van der Waals surface area (Å²) in [5.74, 6) is 2.67. The van der Waals surface area contributed by atoms with E-state index in [1.54, 1.807) is 7.11 Å². The van der Waals surface area contributed by atoms with E-state index in [2.05, 4.69) is 36.4 Å². The molecule has 1 heterocycles. The first kappa shape index (κ1) is 21.8. The van der Waals surface area contributed by atoms with Gasteiger partial charge >= 0.3 is 0 Å². The van der Waals surface area contributed by atoms with Crippen LogP contribution >= 0.6 is 0 Å². The average molecular weight is 432 g/mol. The van der Waals surface area contributed by atoms with Crippen molar-refractivity contribution in [1.82, 2.24) is 4.90 Å². The predicted octanol–water partition coefficient (Wildman–Crippen LogP) is 5.38. The topological polar surface area (TPSA) is 48.0 Å². The van der Waals surface area contributed by atoms with Gasteiger partial charge in [0.15, 0.2) is 11.5 Å². The third kappa shape index (κ3) is 5.05. The molecule has 32 heavy (non-hydrogen) atoms. The number of fused-ring (bicyclic) bond motifs is 1. The van der Waals surface area contributed by atoms with Gasteiger partial charge in [0.1, 0.15) is 5.75 Å². The van der Waals surface area contributed by atoms with Crippen molar-refractivity contribution < 1.29 is 19.0 Å². The maximum Gasteiger partial charge on any atom is 0.231 e. The number of hydrogen-bond acceptors (Lipinski definition) is 4. The maximum absolute atomic E-state index is 12.7. The summed E-state index contributed by atoms with van der Waals surface area (Å²) in [5, 5.41) is 0. The molecule has 0 unspecified atom stereocenters.